The molecule has 1 aliphatic rings. The number of carbonyl (C=O) groups excluding carboxylic acids is 1. The van der Waals surface area contributed by atoms with E-state index >= 15 is 0 Å². The van der Waals surface area contributed by atoms with Crippen molar-refractivity contribution in [2.45, 2.75) is 64.8 Å². The molecule has 2 rings (SSSR count). The first-order valence-electron chi connectivity index (χ1n) is 9.65. The van der Waals surface area contributed by atoms with E-state index in [0.29, 0.717) is 12.0 Å². The molecule has 0 aliphatic carbocycles. The minimum Gasteiger partial charge on any atom is -0.507 e. The van der Waals surface area contributed by atoms with Crippen LogP contribution >= 0.6 is 0 Å². The van der Waals surface area contributed by atoms with Crippen LogP contribution in [0, 0.1) is 11.3 Å². The van der Waals surface area contributed by atoms with Crippen molar-refractivity contribution in [2.24, 2.45) is 0 Å². The molecule has 0 radical (unpaired) electrons. The summed E-state index contributed by atoms with van der Waals surface area (Å²) in [6.45, 7) is 11.9. The molecule has 0 aromatic heterocycles. The molecule has 1 fully saturated rings. The third-order valence-corrected chi connectivity index (χ3v) is 6.76. The molecule has 1 amide bonds. The van der Waals surface area contributed by atoms with Crippen molar-refractivity contribution >= 4 is 21.8 Å². The van der Waals surface area contributed by atoms with Crippen LogP contribution in [0.15, 0.2) is 17.7 Å². The Balaban J connectivity index is 2.45. The van der Waals surface area contributed by atoms with E-state index in [4.69, 9.17) is 0 Å². The van der Waals surface area contributed by atoms with Crippen LogP contribution in [0.2, 0.25) is 0 Å². The van der Waals surface area contributed by atoms with Gasteiger partial charge in [0, 0.05) is 17.2 Å². The highest BCUT2D eigenvalue weighted by atomic mass is 32.2. The van der Waals surface area contributed by atoms with Crippen molar-refractivity contribution in [3.05, 3.63) is 34.4 Å². The molecule has 2 N–H and O–H groups in total. The van der Waals surface area contributed by atoms with Crippen molar-refractivity contribution in [1.82, 2.24) is 5.32 Å². The number of amides is 1. The van der Waals surface area contributed by atoms with Gasteiger partial charge in [-0.05, 0) is 41.0 Å². The zero-order valence-electron chi connectivity index (χ0n) is 18.0. The third-order valence-electron chi connectivity index (χ3n) is 4.99. The lowest BCUT2D eigenvalue weighted by Crippen LogP contribution is -2.36. The average Bonchev–Trinajstić information content (AvgIpc) is 2.89. The van der Waals surface area contributed by atoms with Crippen molar-refractivity contribution in [3.63, 3.8) is 0 Å². The topological polar surface area (TPSA) is 107 Å². The van der Waals surface area contributed by atoms with Gasteiger partial charge in [-0.3, -0.25) is 4.79 Å². The molecule has 158 valence electrons. The first-order chi connectivity index (χ1) is 13.1. The Morgan fingerprint density at radius 1 is 1.17 bits per heavy atom. The van der Waals surface area contributed by atoms with Crippen LogP contribution in [0.5, 0.6) is 5.75 Å². The first kappa shape index (κ1) is 23.0. The lowest BCUT2D eigenvalue weighted by Gasteiger charge is -2.28. The van der Waals surface area contributed by atoms with Crippen molar-refractivity contribution in [1.29, 1.82) is 5.26 Å². The van der Waals surface area contributed by atoms with Crippen LogP contribution in [0.4, 0.5) is 0 Å². The Kier molecular flexibility index (Phi) is 6.20. The molecule has 1 saturated heterocycles. The summed E-state index contributed by atoms with van der Waals surface area (Å²) in [5.74, 6) is -0.414. The summed E-state index contributed by atoms with van der Waals surface area (Å²) in [6, 6.07) is 5.01. The lowest BCUT2D eigenvalue weighted by atomic mass is 9.78. The molecule has 0 spiro atoms. The minimum atomic E-state index is -3.13. The molecule has 0 bridgehead atoms. The molecule has 1 heterocycles. The standard InChI is InChI=1S/C22H30N2O4S/c1-21(2,3)17-10-14(11-18(19(17)25)22(4,5)6)9-15(12-23)20(26)24-16-7-8-29(27,28)13-16/h9-11,16,25H,7-8,13H2,1-6H3,(H,24,26)/b15-9+/t16-/m0/s1. The fourth-order valence-electron chi connectivity index (χ4n) is 3.37. The molecule has 0 unspecified atom stereocenters. The number of aromatic hydroxyl groups is 1. The van der Waals surface area contributed by atoms with Gasteiger partial charge in [0.1, 0.15) is 17.4 Å². The number of nitrogens with one attached hydrogen (secondary N) is 1. The highest BCUT2D eigenvalue weighted by Crippen LogP contribution is 2.40. The molecule has 0 saturated carbocycles. The van der Waals surface area contributed by atoms with E-state index in [1.807, 2.05) is 47.6 Å². The molecule has 1 aliphatic heterocycles. The predicted octanol–water partition coefficient (Wildman–Crippen LogP) is 3.20. The predicted molar refractivity (Wildman–Crippen MR) is 114 cm³/mol. The maximum Gasteiger partial charge on any atom is 0.262 e. The minimum absolute atomic E-state index is 0.0470. The van der Waals surface area contributed by atoms with Crippen LogP contribution < -0.4 is 5.32 Å². The number of phenolic OH excluding ortho intramolecular Hbond substituents is 1. The Morgan fingerprint density at radius 3 is 2.07 bits per heavy atom. The number of phenols is 1. The Labute approximate surface area is 173 Å². The Bertz CT molecular complexity index is 952. The van der Waals surface area contributed by atoms with E-state index in [-0.39, 0.29) is 33.7 Å². The maximum atomic E-state index is 12.5. The monoisotopic (exact) mass is 418 g/mol. The van der Waals surface area contributed by atoms with E-state index in [1.165, 1.54) is 6.08 Å². The fourth-order valence-corrected chi connectivity index (χ4v) is 5.04. The quantitative estimate of drug-likeness (QED) is 0.579. The van der Waals surface area contributed by atoms with Crippen molar-refractivity contribution < 1.29 is 18.3 Å². The maximum absolute atomic E-state index is 12.5. The average molecular weight is 419 g/mol. The van der Waals surface area contributed by atoms with Gasteiger partial charge in [-0.25, -0.2) is 8.42 Å². The van der Waals surface area contributed by atoms with Gasteiger partial charge in [0.15, 0.2) is 9.84 Å². The first-order valence-corrected chi connectivity index (χ1v) is 11.5. The summed E-state index contributed by atoms with van der Waals surface area (Å²) in [5, 5.41) is 23.0. The molecular formula is C22H30N2O4S. The number of nitrogens with zero attached hydrogens (tertiary/aromatic N) is 1. The smallest absolute Gasteiger partial charge is 0.262 e. The van der Waals surface area contributed by atoms with E-state index in [2.05, 4.69) is 5.32 Å². The van der Waals surface area contributed by atoms with Crippen LogP contribution in [0.1, 0.15) is 64.7 Å². The summed E-state index contributed by atoms with van der Waals surface area (Å²) >= 11 is 0. The van der Waals surface area contributed by atoms with Gasteiger partial charge in [-0.15, -0.1) is 0 Å². The summed E-state index contributed by atoms with van der Waals surface area (Å²) < 4.78 is 23.2. The summed E-state index contributed by atoms with van der Waals surface area (Å²) in [5.41, 5.74) is 1.34. The zero-order valence-corrected chi connectivity index (χ0v) is 18.8. The van der Waals surface area contributed by atoms with Crippen molar-refractivity contribution in [2.75, 3.05) is 11.5 Å². The summed E-state index contributed by atoms with van der Waals surface area (Å²) in [7, 11) is -3.13. The van der Waals surface area contributed by atoms with Gasteiger partial charge in [0.05, 0.1) is 11.5 Å². The third kappa shape index (κ3) is 5.60. The summed E-state index contributed by atoms with van der Waals surface area (Å²) in [4.78, 5) is 12.5. The van der Waals surface area contributed by atoms with Gasteiger partial charge in [0.2, 0.25) is 0 Å². The number of sulfone groups is 1. The number of hydrogen-bond donors (Lipinski definition) is 2. The van der Waals surface area contributed by atoms with Gasteiger partial charge < -0.3 is 10.4 Å². The highest BCUT2D eigenvalue weighted by molar-refractivity contribution is 7.91. The van der Waals surface area contributed by atoms with Gasteiger partial charge >= 0.3 is 0 Å². The SMILES string of the molecule is CC(C)(C)c1cc(/C=C(\C#N)C(=O)N[C@H]2CCS(=O)(=O)C2)cc(C(C)(C)C)c1O. The van der Waals surface area contributed by atoms with E-state index in [9.17, 15) is 23.6 Å². The molecule has 1 aromatic carbocycles. The highest BCUT2D eigenvalue weighted by Gasteiger charge is 2.30. The zero-order chi connectivity index (χ0) is 22.2. The van der Waals surface area contributed by atoms with E-state index in [0.717, 1.165) is 11.1 Å². The molecule has 1 aromatic rings. The molecule has 7 heteroatoms. The van der Waals surface area contributed by atoms with Crippen LogP contribution in [-0.2, 0) is 25.5 Å². The second kappa shape index (κ2) is 7.83. The lowest BCUT2D eigenvalue weighted by molar-refractivity contribution is -0.117. The Hall–Kier alpha value is -2.33. The molecule has 6 nitrogen and oxygen atoms in total. The van der Waals surface area contributed by atoms with E-state index < -0.39 is 21.8 Å². The molecular weight excluding hydrogens is 388 g/mol. The van der Waals surface area contributed by atoms with Crippen molar-refractivity contribution in [3.8, 4) is 11.8 Å². The number of carbonyl (C=O) groups is 1. The van der Waals surface area contributed by atoms with E-state index in [1.54, 1.807) is 12.1 Å². The van der Waals surface area contributed by atoms with Crippen LogP contribution in [-0.4, -0.2) is 37.0 Å². The van der Waals surface area contributed by atoms with Gasteiger partial charge in [-0.1, -0.05) is 41.5 Å². The number of nitriles is 1. The van der Waals surface area contributed by atoms with Crippen LogP contribution in [0.3, 0.4) is 0 Å². The van der Waals surface area contributed by atoms with Gasteiger partial charge in [-0.2, -0.15) is 5.26 Å². The fraction of sp³-hybridized carbons (Fsp3) is 0.545. The second-order valence-electron chi connectivity index (χ2n) is 9.71. The number of benzene rings is 1. The van der Waals surface area contributed by atoms with Crippen LogP contribution in [0.25, 0.3) is 6.08 Å². The number of rotatable bonds is 3. The largest absolute Gasteiger partial charge is 0.507 e. The normalized spacial score (nSPS) is 19.6. The Morgan fingerprint density at radius 2 is 1.69 bits per heavy atom. The van der Waals surface area contributed by atoms with Gasteiger partial charge in [0.25, 0.3) is 5.91 Å². The summed E-state index contributed by atoms with van der Waals surface area (Å²) in [6.07, 6.45) is 1.84. The number of hydrogen-bond acceptors (Lipinski definition) is 5. The second-order valence-corrected chi connectivity index (χ2v) is 11.9. The molecule has 29 heavy (non-hydrogen) atoms. The molecule has 1 atom stereocenters.